The highest BCUT2D eigenvalue weighted by molar-refractivity contribution is 6.35. The molecular weight excluding hydrogens is 397 g/mol. The number of rotatable bonds is 6. The van der Waals surface area contributed by atoms with Crippen molar-refractivity contribution in [1.29, 1.82) is 0 Å². The van der Waals surface area contributed by atoms with Crippen LogP contribution >= 0.6 is 23.2 Å². The van der Waals surface area contributed by atoms with E-state index in [1.807, 2.05) is 48.5 Å². The molecule has 0 aliphatic carbocycles. The molecule has 3 aromatic carbocycles. The lowest BCUT2D eigenvalue weighted by Crippen LogP contribution is -2.15. The summed E-state index contributed by atoms with van der Waals surface area (Å²) in [4.78, 5) is 0. The number of halogens is 2. The van der Waals surface area contributed by atoms with Crippen LogP contribution in [0, 0.1) is 0 Å². The van der Waals surface area contributed by atoms with Gasteiger partial charge < -0.3 is 19.5 Å². The van der Waals surface area contributed by atoms with Crippen molar-refractivity contribution in [2.75, 3.05) is 18.5 Å². The Kier molecular flexibility index (Phi) is 5.79. The Morgan fingerprint density at radius 2 is 1.61 bits per heavy atom. The Balaban J connectivity index is 1.39. The average molecular weight is 416 g/mol. The minimum atomic E-state index is 0.317. The smallest absolute Gasteiger partial charge is 0.163 e. The molecule has 6 heteroatoms. The number of hydrogen-bond acceptors (Lipinski definition) is 4. The van der Waals surface area contributed by atoms with Gasteiger partial charge in [0.05, 0.1) is 0 Å². The molecule has 0 radical (unpaired) electrons. The van der Waals surface area contributed by atoms with Crippen LogP contribution in [0.1, 0.15) is 11.1 Å². The molecule has 0 aromatic heterocycles. The molecule has 0 unspecified atom stereocenters. The summed E-state index contributed by atoms with van der Waals surface area (Å²) in [5, 5.41) is 4.60. The maximum absolute atomic E-state index is 6.20. The van der Waals surface area contributed by atoms with Crippen LogP contribution in [0.2, 0.25) is 10.0 Å². The highest BCUT2D eigenvalue weighted by atomic mass is 35.5. The summed E-state index contributed by atoms with van der Waals surface area (Å²) in [5.74, 6) is 2.31. The molecule has 4 nitrogen and oxygen atoms in total. The van der Waals surface area contributed by atoms with Crippen LogP contribution in [-0.2, 0) is 13.2 Å². The Labute approximate surface area is 173 Å². The monoisotopic (exact) mass is 415 g/mol. The quantitative estimate of drug-likeness (QED) is 0.539. The fourth-order valence-corrected chi connectivity index (χ4v) is 3.43. The maximum atomic E-state index is 6.20. The van der Waals surface area contributed by atoms with Gasteiger partial charge in [0.2, 0.25) is 0 Å². The predicted molar refractivity (Wildman–Crippen MR) is 112 cm³/mol. The van der Waals surface area contributed by atoms with Crippen molar-refractivity contribution in [2.45, 2.75) is 13.2 Å². The lowest BCUT2D eigenvalue weighted by atomic mass is 10.2. The van der Waals surface area contributed by atoms with Gasteiger partial charge in [-0.3, -0.25) is 0 Å². The van der Waals surface area contributed by atoms with Gasteiger partial charge in [-0.2, -0.15) is 0 Å². The normalized spacial score (nSPS) is 12.5. The van der Waals surface area contributed by atoms with Gasteiger partial charge in [0, 0.05) is 33.9 Å². The zero-order valence-electron chi connectivity index (χ0n) is 15.1. The predicted octanol–water partition coefficient (Wildman–Crippen LogP) is 5.96. The molecule has 144 valence electrons. The SMILES string of the molecule is Clc1cccc(Cl)c1COc1cccc(CNc2ccc3c(c2)OCCO3)c1. The van der Waals surface area contributed by atoms with Crippen LogP contribution in [0.5, 0.6) is 17.2 Å². The van der Waals surface area contributed by atoms with E-state index < -0.39 is 0 Å². The standard InChI is InChI=1S/C22H19Cl2NO3/c23-19-5-2-6-20(24)18(19)14-28-17-4-1-3-15(11-17)13-25-16-7-8-21-22(12-16)27-10-9-26-21/h1-8,11-12,25H,9-10,13-14H2. The summed E-state index contributed by atoms with van der Waals surface area (Å²) < 4.78 is 17.1. The summed E-state index contributed by atoms with van der Waals surface area (Å²) in [6.07, 6.45) is 0. The first-order chi connectivity index (χ1) is 13.7. The van der Waals surface area contributed by atoms with Crippen molar-refractivity contribution in [2.24, 2.45) is 0 Å². The molecular formula is C22H19Cl2NO3. The lowest BCUT2D eigenvalue weighted by Gasteiger charge is -2.19. The molecule has 0 fully saturated rings. The van der Waals surface area contributed by atoms with Gasteiger partial charge in [-0.25, -0.2) is 0 Å². The molecule has 1 N–H and O–H groups in total. The zero-order valence-corrected chi connectivity index (χ0v) is 16.6. The maximum Gasteiger partial charge on any atom is 0.163 e. The first-order valence-electron chi connectivity index (χ1n) is 8.97. The van der Waals surface area contributed by atoms with Crippen molar-refractivity contribution in [3.05, 3.63) is 81.8 Å². The highest BCUT2D eigenvalue weighted by Gasteiger charge is 2.11. The van der Waals surface area contributed by atoms with E-state index in [9.17, 15) is 0 Å². The Bertz CT molecular complexity index is 957. The summed E-state index contributed by atoms with van der Waals surface area (Å²) in [5.41, 5.74) is 2.85. The van der Waals surface area contributed by atoms with Gasteiger partial charge in [0.25, 0.3) is 0 Å². The van der Waals surface area contributed by atoms with E-state index in [2.05, 4.69) is 5.32 Å². The third-order valence-corrected chi connectivity index (χ3v) is 5.09. The molecule has 1 aliphatic rings. The fraction of sp³-hybridized carbons (Fsp3) is 0.182. The molecule has 0 saturated carbocycles. The third kappa shape index (κ3) is 4.46. The molecule has 1 heterocycles. The van der Waals surface area contributed by atoms with Crippen LogP contribution in [0.4, 0.5) is 5.69 Å². The Morgan fingerprint density at radius 3 is 2.43 bits per heavy atom. The molecule has 1 aliphatic heterocycles. The second-order valence-electron chi connectivity index (χ2n) is 6.35. The van der Waals surface area contributed by atoms with Crippen molar-refractivity contribution >= 4 is 28.9 Å². The van der Waals surface area contributed by atoms with Crippen molar-refractivity contribution in [3.63, 3.8) is 0 Å². The van der Waals surface area contributed by atoms with Gasteiger partial charge in [0.15, 0.2) is 11.5 Å². The minimum Gasteiger partial charge on any atom is -0.489 e. The number of benzene rings is 3. The van der Waals surface area contributed by atoms with E-state index in [4.69, 9.17) is 37.4 Å². The van der Waals surface area contributed by atoms with Gasteiger partial charge in [0.1, 0.15) is 25.6 Å². The van der Waals surface area contributed by atoms with E-state index in [0.29, 0.717) is 36.4 Å². The van der Waals surface area contributed by atoms with E-state index in [-0.39, 0.29) is 0 Å². The molecule has 3 aromatic rings. The number of nitrogens with one attached hydrogen (secondary N) is 1. The number of ether oxygens (including phenoxy) is 3. The van der Waals surface area contributed by atoms with Crippen molar-refractivity contribution < 1.29 is 14.2 Å². The van der Waals surface area contributed by atoms with E-state index in [0.717, 1.165) is 34.1 Å². The zero-order chi connectivity index (χ0) is 19.3. The largest absolute Gasteiger partial charge is 0.489 e. The summed E-state index contributed by atoms with van der Waals surface area (Å²) in [7, 11) is 0. The third-order valence-electron chi connectivity index (χ3n) is 4.38. The highest BCUT2D eigenvalue weighted by Crippen LogP contribution is 2.33. The molecule has 0 saturated heterocycles. The lowest BCUT2D eigenvalue weighted by molar-refractivity contribution is 0.171. The first kappa shape index (κ1) is 18.8. The summed E-state index contributed by atoms with van der Waals surface area (Å²) in [6.45, 7) is 2.14. The van der Waals surface area contributed by atoms with Gasteiger partial charge >= 0.3 is 0 Å². The van der Waals surface area contributed by atoms with Gasteiger partial charge in [-0.15, -0.1) is 0 Å². The number of anilines is 1. The fourth-order valence-electron chi connectivity index (χ4n) is 2.93. The van der Waals surface area contributed by atoms with Crippen LogP contribution in [0.15, 0.2) is 60.7 Å². The molecule has 4 rings (SSSR count). The Morgan fingerprint density at radius 1 is 0.857 bits per heavy atom. The second-order valence-corrected chi connectivity index (χ2v) is 7.16. The van der Waals surface area contributed by atoms with E-state index >= 15 is 0 Å². The molecule has 0 amide bonds. The number of fused-ring (bicyclic) bond motifs is 1. The van der Waals surface area contributed by atoms with Crippen molar-refractivity contribution in [1.82, 2.24) is 0 Å². The summed E-state index contributed by atoms with van der Waals surface area (Å²) >= 11 is 12.4. The average Bonchev–Trinajstić information content (AvgIpc) is 2.72. The summed E-state index contributed by atoms with van der Waals surface area (Å²) in [6, 6.07) is 19.2. The minimum absolute atomic E-state index is 0.317. The molecule has 0 bridgehead atoms. The molecule has 0 spiro atoms. The van der Waals surface area contributed by atoms with Crippen LogP contribution in [0.25, 0.3) is 0 Å². The van der Waals surface area contributed by atoms with Crippen LogP contribution in [0.3, 0.4) is 0 Å². The van der Waals surface area contributed by atoms with Crippen molar-refractivity contribution in [3.8, 4) is 17.2 Å². The number of hydrogen-bond donors (Lipinski definition) is 1. The van der Waals surface area contributed by atoms with Gasteiger partial charge in [-0.05, 0) is 42.0 Å². The van der Waals surface area contributed by atoms with Crippen LogP contribution in [-0.4, -0.2) is 13.2 Å². The van der Waals surface area contributed by atoms with Gasteiger partial charge in [-0.1, -0.05) is 41.4 Å². The first-order valence-corrected chi connectivity index (χ1v) is 9.73. The molecule has 0 atom stereocenters. The van der Waals surface area contributed by atoms with E-state index in [1.54, 1.807) is 12.1 Å². The topological polar surface area (TPSA) is 39.7 Å². The second kappa shape index (κ2) is 8.63. The van der Waals surface area contributed by atoms with Crippen LogP contribution < -0.4 is 19.5 Å². The van der Waals surface area contributed by atoms with E-state index in [1.165, 1.54) is 0 Å². The Hall–Kier alpha value is -2.56. The molecule has 28 heavy (non-hydrogen) atoms.